The van der Waals surface area contributed by atoms with E-state index >= 15 is 0 Å². The van der Waals surface area contributed by atoms with Gasteiger partial charge < -0.3 is 15.1 Å². The summed E-state index contributed by atoms with van der Waals surface area (Å²) >= 11 is 0. The van der Waals surface area contributed by atoms with Crippen LogP contribution in [0.2, 0.25) is 0 Å². The number of nitrogens with one attached hydrogen (secondary N) is 1. The molecule has 7 nitrogen and oxygen atoms in total. The van der Waals surface area contributed by atoms with Crippen molar-refractivity contribution in [3.05, 3.63) is 59.9 Å². The fourth-order valence-corrected chi connectivity index (χ4v) is 3.50. The van der Waals surface area contributed by atoms with Crippen molar-refractivity contribution in [2.24, 2.45) is 0 Å². The molecule has 1 N–H and O–H groups in total. The van der Waals surface area contributed by atoms with E-state index in [-0.39, 0.29) is 42.8 Å². The Hall–Kier alpha value is -2.87. The molecule has 1 aromatic carbocycles. The first-order chi connectivity index (χ1) is 14.6. The highest BCUT2D eigenvalue weighted by Gasteiger charge is 2.19. The standard InChI is InChI=1S/C22H28FN5O2/c23-19-6-4-18(5-7-19)17-28(22(30)20-16-24-9-10-25-20)14-8-21(29)26-11-15-27-12-2-1-3-13-27/h4-7,9-10,16H,1-3,8,11-15,17H2,(H,26,29). The molecule has 2 aromatic rings. The average Bonchev–Trinajstić information content (AvgIpc) is 2.79. The number of piperidine rings is 1. The summed E-state index contributed by atoms with van der Waals surface area (Å²) in [5.41, 5.74) is 0.990. The first kappa shape index (κ1) is 21.8. The lowest BCUT2D eigenvalue weighted by atomic mass is 10.1. The lowest BCUT2D eigenvalue weighted by molar-refractivity contribution is -0.121. The smallest absolute Gasteiger partial charge is 0.274 e. The molecule has 1 aromatic heterocycles. The molecule has 30 heavy (non-hydrogen) atoms. The molecule has 1 fully saturated rings. The molecule has 0 spiro atoms. The number of amides is 2. The molecule has 0 aliphatic carbocycles. The molecular weight excluding hydrogens is 385 g/mol. The third-order valence-corrected chi connectivity index (χ3v) is 5.16. The number of carbonyl (C=O) groups excluding carboxylic acids is 2. The summed E-state index contributed by atoms with van der Waals surface area (Å²) in [4.78, 5) is 37.1. The van der Waals surface area contributed by atoms with E-state index in [0.29, 0.717) is 6.54 Å². The van der Waals surface area contributed by atoms with E-state index in [9.17, 15) is 14.0 Å². The zero-order chi connectivity index (χ0) is 21.2. The molecule has 2 amide bonds. The van der Waals surface area contributed by atoms with Gasteiger partial charge in [-0.1, -0.05) is 18.6 Å². The zero-order valence-corrected chi connectivity index (χ0v) is 17.1. The Bertz CT molecular complexity index is 810. The third kappa shape index (κ3) is 6.88. The van der Waals surface area contributed by atoms with Crippen molar-refractivity contribution >= 4 is 11.8 Å². The molecular formula is C22H28FN5O2. The largest absolute Gasteiger partial charge is 0.355 e. The van der Waals surface area contributed by atoms with Crippen LogP contribution in [0.3, 0.4) is 0 Å². The molecule has 0 radical (unpaired) electrons. The lowest BCUT2D eigenvalue weighted by Crippen LogP contribution is -2.39. The monoisotopic (exact) mass is 413 g/mol. The number of hydrogen-bond donors (Lipinski definition) is 1. The van der Waals surface area contributed by atoms with Crippen LogP contribution in [0.4, 0.5) is 4.39 Å². The van der Waals surface area contributed by atoms with Gasteiger partial charge in [-0.05, 0) is 43.6 Å². The highest BCUT2D eigenvalue weighted by atomic mass is 19.1. The van der Waals surface area contributed by atoms with E-state index in [2.05, 4.69) is 20.2 Å². The zero-order valence-electron chi connectivity index (χ0n) is 17.1. The number of carbonyl (C=O) groups is 2. The Morgan fingerprint density at radius 1 is 1.10 bits per heavy atom. The first-order valence-electron chi connectivity index (χ1n) is 10.4. The maximum atomic E-state index is 13.2. The van der Waals surface area contributed by atoms with Crippen LogP contribution in [0.25, 0.3) is 0 Å². The third-order valence-electron chi connectivity index (χ3n) is 5.16. The average molecular weight is 413 g/mol. The van der Waals surface area contributed by atoms with Crippen molar-refractivity contribution in [3.63, 3.8) is 0 Å². The van der Waals surface area contributed by atoms with Gasteiger partial charge in [0.25, 0.3) is 5.91 Å². The van der Waals surface area contributed by atoms with E-state index < -0.39 is 0 Å². The van der Waals surface area contributed by atoms with Crippen LogP contribution in [-0.2, 0) is 11.3 Å². The molecule has 0 unspecified atom stereocenters. The number of hydrogen-bond acceptors (Lipinski definition) is 5. The van der Waals surface area contributed by atoms with Crippen molar-refractivity contribution in [3.8, 4) is 0 Å². The van der Waals surface area contributed by atoms with E-state index in [0.717, 1.165) is 25.2 Å². The maximum Gasteiger partial charge on any atom is 0.274 e. The van der Waals surface area contributed by atoms with Gasteiger partial charge in [0.15, 0.2) is 0 Å². The fraction of sp³-hybridized carbons (Fsp3) is 0.455. The van der Waals surface area contributed by atoms with Crippen LogP contribution in [0.15, 0.2) is 42.9 Å². The van der Waals surface area contributed by atoms with Gasteiger partial charge in [0.2, 0.25) is 5.91 Å². The second-order valence-electron chi connectivity index (χ2n) is 7.45. The molecule has 2 heterocycles. The van der Waals surface area contributed by atoms with Gasteiger partial charge in [0.1, 0.15) is 11.5 Å². The Balaban J connectivity index is 1.54. The van der Waals surface area contributed by atoms with Gasteiger partial charge in [-0.3, -0.25) is 14.6 Å². The predicted octanol–water partition coefficient (Wildman–Crippen LogP) is 2.25. The maximum absolute atomic E-state index is 13.2. The summed E-state index contributed by atoms with van der Waals surface area (Å²) in [5.74, 6) is -0.741. The predicted molar refractivity (Wildman–Crippen MR) is 111 cm³/mol. The second-order valence-corrected chi connectivity index (χ2v) is 7.45. The first-order valence-corrected chi connectivity index (χ1v) is 10.4. The van der Waals surface area contributed by atoms with Gasteiger partial charge in [-0.2, -0.15) is 0 Å². The molecule has 1 aliphatic heterocycles. The van der Waals surface area contributed by atoms with Gasteiger partial charge in [-0.25, -0.2) is 9.37 Å². The Morgan fingerprint density at radius 3 is 2.57 bits per heavy atom. The minimum absolute atomic E-state index is 0.0944. The molecule has 0 saturated carbocycles. The molecule has 1 aliphatic rings. The van der Waals surface area contributed by atoms with Crippen molar-refractivity contribution < 1.29 is 14.0 Å². The number of benzene rings is 1. The van der Waals surface area contributed by atoms with Gasteiger partial charge in [0.05, 0.1) is 6.20 Å². The molecule has 1 saturated heterocycles. The minimum atomic E-state index is -0.335. The number of likely N-dealkylation sites (tertiary alicyclic amines) is 1. The van der Waals surface area contributed by atoms with E-state index in [4.69, 9.17) is 0 Å². The summed E-state index contributed by atoms with van der Waals surface area (Å²) in [7, 11) is 0. The van der Waals surface area contributed by atoms with Crippen molar-refractivity contribution in [2.75, 3.05) is 32.7 Å². The summed E-state index contributed by atoms with van der Waals surface area (Å²) in [5, 5.41) is 2.94. The summed E-state index contributed by atoms with van der Waals surface area (Å²) in [6, 6.07) is 5.97. The second kappa shape index (κ2) is 11.3. The summed E-state index contributed by atoms with van der Waals surface area (Å²) in [6.45, 7) is 4.14. The Labute approximate surface area is 176 Å². The number of halogens is 1. The lowest BCUT2D eigenvalue weighted by Gasteiger charge is -2.26. The van der Waals surface area contributed by atoms with E-state index in [1.54, 1.807) is 17.0 Å². The summed E-state index contributed by atoms with van der Waals surface area (Å²) < 4.78 is 13.2. The normalized spacial score (nSPS) is 14.3. The number of aromatic nitrogens is 2. The Kier molecular flexibility index (Phi) is 8.26. The van der Waals surface area contributed by atoms with Gasteiger partial charge in [-0.15, -0.1) is 0 Å². The molecule has 0 atom stereocenters. The van der Waals surface area contributed by atoms with Crippen molar-refractivity contribution in [2.45, 2.75) is 32.2 Å². The van der Waals surface area contributed by atoms with Crippen LogP contribution in [0, 0.1) is 5.82 Å². The van der Waals surface area contributed by atoms with Crippen LogP contribution in [0.1, 0.15) is 41.7 Å². The van der Waals surface area contributed by atoms with Crippen LogP contribution in [-0.4, -0.2) is 64.3 Å². The number of nitrogens with zero attached hydrogens (tertiary/aromatic N) is 4. The van der Waals surface area contributed by atoms with Gasteiger partial charge in [0, 0.05) is 45.0 Å². The Morgan fingerprint density at radius 2 is 1.87 bits per heavy atom. The molecule has 3 rings (SSSR count). The van der Waals surface area contributed by atoms with Crippen LogP contribution < -0.4 is 5.32 Å². The molecule has 160 valence electrons. The highest BCUT2D eigenvalue weighted by Crippen LogP contribution is 2.11. The number of rotatable bonds is 9. The fourth-order valence-electron chi connectivity index (χ4n) is 3.50. The topological polar surface area (TPSA) is 78.4 Å². The molecule has 8 heteroatoms. The SMILES string of the molecule is O=C(CCN(Cc1ccc(F)cc1)C(=O)c1cnccn1)NCCN1CCCCC1. The highest BCUT2D eigenvalue weighted by molar-refractivity contribution is 5.92. The van der Waals surface area contributed by atoms with Crippen LogP contribution in [0.5, 0.6) is 0 Å². The van der Waals surface area contributed by atoms with E-state index in [1.165, 1.54) is 50.0 Å². The van der Waals surface area contributed by atoms with Crippen molar-refractivity contribution in [1.82, 2.24) is 25.1 Å². The van der Waals surface area contributed by atoms with Gasteiger partial charge >= 0.3 is 0 Å². The minimum Gasteiger partial charge on any atom is -0.355 e. The van der Waals surface area contributed by atoms with Crippen molar-refractivity contribution in [1.29, 1.82) is 0 Å². The summed E-state index contributed by atoms with van der Waals surface area (Å²) in [6.07, 6.45) is 8.26. The van der Waals surface area contributed by atoms with E-state index in [1.807, 2.05) is 0 Å². The quantitative estimate of drug-likeness (QED) is 0.682. The molecule has 0 bridgehead atoms. The van der Waals surface area contributed by atoms with Crippen LogP contribution >= 0.6 is 0 Å².